The molecule has 0 atom stereocenters. The van der Waals surface area contributed by atoms with E-state index in [2.05, 4.69) is 25.8 Å². The van der Waals surface area contributed by atoms with Gasteiger partial charge in [0, 0.05) is 23.8 Å². The number of rotatable bonds is 3. The molecule has 100 valence electrons. The second kappa shape index (κ2) is 5.40. The van der Waals surface area contributed by atoms with Crippen LogP contribution in [0.3, 0.4) is 0 Å². The highest BCUT2D eigenvalue weighted by Gasteiger charge is 2.18. The number of Topliss-reactive ketones (excluding diaryl/α,β-unsaturated/α-hetero) is 1. The van der Waals surface area contributed by atoms with E-state index in [1.54, 1.807) is 6.20 Å². The Morgan fingerprint density at radius 1 is 1.37 bits per heavy atom. The van der Waals surface area contributed by atoms with Crippen molar-refractivity contribution in [3.8, 4) is 0 Å². The molecule has 0 radical (unpaired) electrons. The lowest BCUT2D eigenvalue weighted by molar-refractivity contribution is 0.0370. The average Bonchev–Trinajstić information content (AvgIpc) is 2.82. The zero-order valence-corrected chi connectivity index (χ0v) is 12.0. The lowest BCUT2D eigenvalue weighted by Gasteiger charge is -2.25. The molecule has 0 spiro atoms. The van der Waals surface area contributed by atoms with Gasteiger partial charge in [-0.05, 0) is 28.1 Å². The Kier molecular flexibility index (Phi) is 3.63. The third kappa shape index (κ3) is 2.70. The van der Waals surface area contributed by atoms with E-state index in [1.165, 1.54) is 0 Å². The molecule has 1 saturated heterocycles. The first-order valence-electron chi connectivity index (χ1n) is 6.20. The number of ketones is 1. The standard InChI is InChI=1S/C13H14BrN3O2/c14-10-1-2-13-15-7-11(17(13)8-10)12(18)9-16-3-5-19-6-4-16/h1-2,7-8H,3-6,9H2. The maximum Gasteiger partial charge on any atom is 0.195 e. The fraction of sp³-hybridized carbons (Fsp3) is 0.385. The minimum absolute atomic E-state index is 0.0903. The highest BCUT2D eigenvalue weighted by atomic mass is 79.9. The molecule has 0 N–H and O–H groups in total. The van der Waals surface area contributed by atoms with Crippen LogP contribution in [0.5, 0.6) is 0 Å². The third-order valence-corrected chi connectivity index (χ3v) is 3.70. The molecule has 3 heterocycles. The van der Waals surface area contributed by atoms with Gasteiger partial charge in [-0.1, -0.05) is 0 Å². The minimum atomic E-state index is 0.0903. The summed E-state index contributed by atoms with van der Waals surface area (Å²) in [5.41, 5.74) is 1.41. The Balaban J connectivity index is 1.82. The molecule has 1 fully saturated rings. The second-order valence-corrected chi connectivity index (χ2v) is 5.45. The first-order valence-corrected chi connectivity index (χ1v) is 6.99. The van der Waals surface area contributed by atoms with E-state index in [4.69, 9.17) is 4.74 Å². The molecule has 0 amide bonds. The number of hydrogen-bond acceptors (Lipinski definition) is 4. The zero-order chi connectivity index (χ0) is 13.2. The van der Waals surface area contributed by atoms with Gasteiger partial charge >= 0.3 is 0 Å². The summed E-state index contributed by atoms with van der Waals surface area (Å²) in [5, 5.41) is 0. The van der Waals surface area contributed by atoms with Crippen molar-refractivity contribution in [2.24, 2.45) is 0 Å². The molecule has 5 nitrogen and oxygen atoms in total. The third-order valence-electron chi connectivity index (χ3n) is 3.23. The quantitative estimate of drug-likeness (QED) is 0.805. The number of morpholine rings is 1. The number of carbonyl (C=O) groups excluding carboxylic acids is 1. The van der Waals surface area contributed by atoms with Crippen LogP contribution in [0.4, 0.5) is 0 Å². The first kappa shape index (κ1) is 12.8. The van der Waals surface area contributed by atoms with Gasteiger partial charge in [0.05, 0.1) is 26.0 Å². The molecule has 2 aromatic heterocycles. The van der Waals surface area contributed by atoms with E-state index >= 15 is 0 Å². The molecule has 2 aromatic rings. The number of carbonyl (C=O) groups is 1. The SMILES string of the molecule is O=C(CN1CCOCC1)c1cnc2ccc(Br)cn12. The normalized spacial score (nSPS) is 16.9. The van der Waals surface area contributed by atoms with Gasteiger partial charge in [0.25, 0.3) is 0 Å². The highest BCUT2D eigenvalue weighted by Crippen LogP contribution is 2.14. The number of nitrogens with zero attached hydrogens (tertiary/aromatic N) is 3. The smallest absolute Gasteiger partial charge is 0.195 e. The number of aromatic nitrogens is 2. The number of pyridine rings is 1. The zero-order valence-electron chi connectivity index (χ0n) is 10.4. The first-order chi connectivity index (χ1) is 9.24. The number of hydrogen-bond donors (Lipinski definition) is 0. The van der Waals surface area contributed by atoms with Crippen LogP contribution in [0.25, 0.3) is 5.65 Å². The monoisotopic (exact) mass is 323 g/mol. The summed E-state index contributed by atoms with van der Waals surface area (Å²) in [7, 11) is 0. The summed E-state index contributed by atoms with van der Waals surface area (Å²) in [6.07, 6.45) is 3.51. The summed E-state index contributed by atoms with van der Waals surface area (Å²) >= 11 is 3.41. The van der Waals surface area contributed by atoms with Crippen LogP contribution in [0.15, 0.2) is 29.0 Å². The van der Waals surface area contributed by atoms with E-state index in [-0.39, 0.29) is 5.78 Å². The Bertz CT molecular complexity index is 605. The molecular formula is C13H14BrN3O2. The van der Waals surface area contributed by atoms with E-state index in [0.717, 1.165) is 23.2 Å². The summed E-state index contributed by atoms with van der Waals surface area (Å²) in [6, 6.07) is 3.80. The van der Waals surface area contributed by atoms with Crippen LogP contribution < -0.4 is 0 Å². The summed E-state index contributed by atoms with van der Waals surface area (Å²) in [4.78, 5) is 18.7. The van der Waals surface area contributed by atoms with Crippen LogP contribution in [-0.2, 0) is 4.74 Å². The van der Waals surface area contributed by atoms with Crippen molar-refractivity contribution in [1.29, 1.82) is 0 Å². The van der Waals surface area contributed by atoms with Crippen LogP contribution in [-0.4, -0.2) is 52.9 Å². The second-order valence-electron chi connectivity index (χ2n) is 4.53. The van der Waals surface area contributed by atoms with Gasteiger partial charge in [0.15, 0.2) is 5.78 Å². The van der Waals surface area contributed by atoms with E-state index < -0.39 is 0 Å². The van der Waals surface area contributed by atoms with Crippen molar-refractivity contribution in [3.63, 3.8) is 0 Å². The predicted molar refractivity (Wildman–Crippen MR) is 74.5 cm³/mol. The van der Waals surface area contributed by atoms with Crippen molar-refractivity contribution < 1.29 is 9.53 Å². The maximum atomic E-state index is 12.3. The number of imidazole rings is 1. The van der Waals surface area contributed by atoms with E-state index in [0.29, 0.717) is 25.5 Å². The van der Waals surface area contributed by atoms with Gasteiger partial charge in [-0.2, -0.15) is 0 Å². The lowest BCUT2D eigenvalue weighted by atomic mass is 10.2. The van der Waals surface area contributed by atoms with Crippen LogP contribution in [0, 0.1) is 0 Å². The van der Waals surface area contributed by atoms with Crippen molar-refractivity contribution in [3.05, 3.63) is 34.7 Å². The molecular weight excluding hydrogens is 310 g/mol. The van der Waals surface area contributed by atoms with Crippen LogP contribution in [0.2, 0.25) is 0 Å². The molecule has 6 heteroatoms. The molecule has 0 bridgehead atoms. The largest absolute Gasteiger partial charge is 0.379 e. The predicted octanol–water partition coefficient (Wildman–Crippen LogP) is 1.61. The highest BCUT2D eigenvalue weighted by molar-refractivity contribution is 9.10. The summed E-state index contributed by atoms with van der Waals surface area (Å²) < 4.78 is 8.04. The van der Waals surface area contributed by atoms with Gasteiger partial charge in [-0.25, -0.2) is 4.98 Å². The van der Waals surface area contributed by atoms with Crippen molar-refractivity contribution in [1.82, 2.24) is 14.3 Å². The number of ether oxygens (including phenoxy) is 1. The van der Waals surface area contributed by atoms with Gasteiger partial charge < -0.3 is 4.74 Å². The molecule has 0 aliphatic carbocycles. The van der Waals surface area contributed by atoms with Gasteiger partial charge in [0.2, 0.25) is 0 Å². The average molecular weight is 324 g/mol. The Hall–Kier alpha value is -1.24. The van der Waals surface area contributed by atoms with Gasteiger partial charge in [0.1, 0.15) is 11.3 Å². The van der Waals surface area contributed by atoms with Crippen molar-refractivity contribution >= 4 is 27.4 Å². The summed E-state index contributed by atoms with van der Waals surface area (Å²) in [6.45, 7) is 3.44. The molecule has 0 unspecified atom stereocenters. The van der Waals surface area contributed by atoms with Crippen molar-refractivity contribution in [2.45, 2.75) is 0 Å². The Morgan fingerprint density at radius 3 is 2.95 bits per heavy atom. The molecule has 19 heavy (non-hydrogen) atoms. The molecule has 3 rings (SSSR count). The minimum Gasteiger partial charge on any atom is -0.379 e. The molecule has 0 aromatic carbocycles. The lowest BCUT2D eigenvalue weighted by Crippen LogP contribution is -2.39. The fourth-order valence-electron chi connectivity index (χ4n) is 2.20. The summed E-state index contributed by atoms with van der Waals surface area (Å²) in [5.74, 6) is 0.0903. The molecule has 1 aliphatic heterocycles. The number of halogens is 1. The van der Waals surface area contributed by atoms with Gasteiger partial charge in [-0.15, -0.1) is 0 Å². The van der Waals surface area contributed by atoms with E-state index in [1.807, 2.05) is 22.7 Å². The maximum absolute atomic E-state index is 12.3. The molecule has 1 aliphatic rings. The Morgan fingerprint density at radius 2 is 2.16 bits per heavy atom. The fourth-order valence-corrected chi connectivity index (χ4v) is 2.54. The Labute approximate surface area is 119 Å². The van der Waals surface area contributed by atoms with Crippen LogP contribution >= 0.6 is 15.9 Å². The van der Waals surface area contributed by atoms with Crippen molar-refractivity contribution in [2.75, 3.05) is 32.8 Å². The molecule has 0 saturated carbocycles. The van der Waals surface area contributed by atoms with Gasteiger partial charge in [-0.3, -0.25) is 14.1 Å². The van der Waals surface area contributed by atoms with E-state index in [9.17, 15) is 4.79 Å². The topological polar surface area (TPSA) is 46.8 Å². The number of fused-ring (bicyclic) bond motifs is 1. The van der Waals surface area contributed by atoms with Crippen LogP contribution in [0.1, 0.15) is 10.5 Å².